The molecule has 160 valence electrons. The van der Waals surface area contributed by atoms with Gasteiger partial charge < -0.3 is 4.74 Å². The zero-order valence-corrected chi connectivity index (χ0v) is 18.6. The Morgan fingerprint density at radius 2 is 1.78 bits per heavy atom. The highest BCUT2D eigenvalue weighted by molar-refractivity contribution is 7.19. The number of nitrogens with zero attached hydrogens (tertiary/aromatic N) is 2. The molecule has 0 unspecified atom stereocenters. The van der Waals surface area contributed by atoms with Crippen molar-refractivity contribution in [1.82, 2.24) is 9.97 Å². The number of hydrogen-bond donors (Lipinski definition) is 1. The van der Waals surface area contributed by atoms with Gasteiger partial charge in [0, 0.05) is 11.8 Å². The summed E-state index contributed by atoms with van der Waals surface area (Å²) in [6.45, 7) is 0. The van der Waals surface area contributed by atoms with Crippen molar-refractivity contribution in [2.75, 3.05) is 12.4 Å². The number of nitrogens with one attached hydrogen (secondary N) is 1. The Morgan fingerprint density at radius 1 is 1.00 bits per heavy atom. The van der Waals surface area contributed by atoms with Crippen molar-refractivity contribution in [3.05, 3.63) is 84.1 Å². The first kappa shape index (κ1) is 20.4. The molecule has 6 heteroatoms. The Kier molecular flexibility index (Phi) is 5.69. The van der Waals surface area contributed by atoms with E-state index in [1.165, 1.54) is 43.3 Å². The second kappa shape index (κ2) is 8.93. The third-order valence-electron chi connectivity index (χ3n) is 5.85. The maximum absolute atomic E-state index is 12.9. The van der Waals surface area contributed by atoms with Crippen LogP contribution in [0.1, 0.15) is 41.1 Å². The van der Waals surface area contributed by atoms with E-state index in [0.29, 0.717) is 16.6 Å². The number of amides is 1. The summed E-state index contributed by atoms with van der Waals surface area (Å²) < 4.78 is 5.23. The van der Waals surface area contributed by atoms with E-state index in [1.807, 2.05) is 18.2 Å². The minimum Gasteiger partial charge on any atom is -0.480 e. The highest BCUT2D eigenvalue weighted by Crippen LogP contribution is 2.41. The number of aromatic nitrogens is 2. The van der Waals surface area contributed by atoms with E-state index in [2.05, 4.69) is 46.7 Å². The summed E-state index contributed by atoms with van der Waals surface area (Å²) in [5.41, 5.74) is 4.76. The van der Waals surface area contributed by atoms with Crippen molar-refractivity contribution in [3.63, 3.8) is 0 Å². The van der Waals surface area contributed by atoms with Crippen molar-refractivity contribution < 1.29 is 9.53 Å². The normalized spacial score (nSPS) is 13.4. The Morgan fingerprint density at radius 3 is 2.47 bits per heavy atom. The number of benzene rings is 2. The van der Waals surface area contributed by atoms with Crippen LogP contribution in [0.4, 0.5) is 5.13 Å². The minimum absolute atomic E-state index is 0.289. The van der Waals surface area contributed by atoms with Crippen molar-refractivity contribution in [2.45, 2.75) is 25.2 Å². The molecule has 4 aromatic rings. The van der Waals surface area contributed by atoms with E-state index in [-0.39, 0.29) is 11.8 Å². The molecule has 2 aromatic carbocycles. The summed E-state index contributed by atoms with van der Waals surface area (Å²) in [6, 6.07) is 22.3. The fraction of sp³-hybridized carbons (Fsp3) is 0.192. The molecule has 0 bridgehead atoms. The van der Waals surface area contributed by atoms with Crippen molar-refractivity contribution >= 4 is 22.4 Å². The van der Waals surface area contributed by atoms with Gasteiger partial charge in [0.1, 0.15) is 5.56 Å². The molecule has 1 aliphatic rings. The number of rotatable bonds is 6. The number of anilines is 1. The summed E-state index contributed by atoms with van der Waals surface area (Å²) in [5, 5.41) is 3.47. The van der Waals surface area contributed by atoms with Gasteiger partial charge in [-0.25, -0.2) is 9.97 Å². The van der Waals surface area contributed by atoms with Crippen molar-refractivity contribution in [3.8, 4) is 27.6 Å². The molecule has 0 atom stereocenters. The lowest BCUT2D eigenvalue weighted by atomic mass is 9.80. The molecule has 0 radical (unpaired) electrons. The summed E-state index contributed by atoms with van der Waals surface area (Å²) in [4.78, 5) is 22.8. The lowest BCUT2D eigenvalue weighted by molar-refractivity contribution is 0.102. The number of ether oxygens (including phenoxy) is 1. The van der Waals surface area contributed by atoms with E-state index in [0.717, 1.165) is 21.7 Å². The molecule has 2 heterocycles. The maximum Gasteiger partial charge on any atom is 0.262 e. The van der Waals surface area contributed by atoms with Gasteiger partial charge in [-0.1, -0.05) is 72.4 Å². The summed E-state index contributed by atoms with van der Waals surface area (Å²) >= 11 is 1.47. The SMILES string of the molecule is COc1ncccc1C(=O)Nc1nc(-c2ccc(C3CCC3)cc2)c(-c2ccccc2)s1. The Labute approximate surface area is 191 Å². The number of carbonyl (C=O) groups excluding carboxylic acids is 1. The summed E-state index contributed by atoms with van der Waals surface area (Å²) in [6.07, 6.45) is 5.47. The molecule has 1 amide bonds. The van der Waals surface area contributed by atoms with Gasteiger partial charge in [0.25, 0.3) is 5.91 Å². The first-order valence-electron chi connectivity index (χ1n) is 10.7. The van der Waals surface area contributed by atoms with Crippen LogP contribution in [-0.2, 0) is 0 Å². The smallest absolute Gasteiger partial charge is 0.262 e. The second-order valence-electron chi connectivity index (χ2n) is 7.83. The van der Waals surface area contributed by atoms with Gasteiger partial charge in [-0.15, -0.1) is 0 Å². The lowest BCUT2D eigenvalue weighted by Crippen LogP contribution is -2.13. The van der Waals surface area contributed by atoms with E-state index in [1.54, 1.807) is 18.3 Å². The van der Waals surface area contributed by atoms with Crippen LogP contribution in [0, 0.1) is 0 Å². The summed E-state index contributed by atoms with van der Waals surface area (Å²) in [7, 11) is 1.50. The van der Waals surface area contributed by atoms with E-state index in [4.69, 9.17) is 9.72 Å². The topological polar surface area (TPSA) is 64.1 Å². The molecule has 1 aliphatic carbocycles. The van der Waals surface area contributed by atoms with Crippen LogP contribution in [0.5, 0.6) is 5.88 Å². The van der Waals surface area contributed by atoms with Gasteiger partial charge in [0.15, 0.2) is 5.13 Å². The number of hydrogen-bond acceptors (Lipinski definition) is 5. The Hall–Kier alpha value is -3.51. The molecular weight excluding hydrogens is 418 g/mol. The molecule has 1 fully saturated rings. The largest absolute Gasteiger partial charge is 0.480 e. The standard InChI is InChI=1S/C26H23N3O2S/c1-31-25-21(11-6-16-27-25)24(30)29-26-28-22(23(32-26)20-7-3-2-4-8-20)19-14-12-18(13-15-19)17-9-5-10-17/h2-4,6-8,11-17H,5,9-10H2,1H3,(H,28,29,30). The molecular formula is C26H23N3O2S. The molecule has 5 rings (SSSR count). The van der Waals surface area contributed by atoms with E-state index in [9.17, 15) is 4.79 Å². The fourth-order valence-corrected chi connectivity index (χ4v) is 4.89. The molecule has 5 nitrogen and oxygen atoms in total. The van der Waals surface area contributed by atoms with Crippen molar-refractivity contribution in [2.24, 2.45) is 0 Å². The predicted molar refractivity (Wildman–Crippen MR) is 128 cm³/mol. The molecule has 2 aromatic heterocycles. The molecule has 0 saturated heterocycles. The van der Waals surface area contributed by atoms with Crippen molar-refractivity contribution in [1.29, 1.82) is 0 Å². The van der Waals surface area contributed by atoms with Crippen LogP contribution in [0.25, 0.3) is 21.7 Å². The monoisotopic (exact) mass is 441 g/mol. The van der Waals surface area contributed by atoms with Crippen LogP contribution >= 0.6 is 11.3 Å². The zero-order chi connectivity index (χ0) is 21.9. The van der Waals surface area contributed by atoms with Gasteiger partial charge in [-0.05, 0) is 42.0 Å². The number of pyridine rings is 1. The van der Waals surface area contributed by atoms with Gasteiger partial charge in [-0.3, -0.25) is 10.1 Å². The van der Waals surface area contributed by atoms with Gasteiger partial charge in [-0.2, -0.15) is 0 Å². The second-order valence-corrected chi connectivity index (χ2v) is 8.83. The quantitative estimate of drug-likeness (QED) is 0.376. The van der Waals surface area contributed by atoms with Gasteiger partial charge >= 0.3 is 0 Å². The van der Waals surface area contributed by atoms with Crippen LogP contribution in [0.15, 0.2) is 72.9 Å². The lowest BCUT2D eigenvalue weighted by Gasteiger charge is -2.25. The van der Waals surface area contributed by atoms with Crippen LogP contribution in [-0.4, -0.2) is 23.0 Å². The minimum atomic E-state index is -0.296. The third-order valence-corrected chi connectivity index (χ3v) is 6.87. The third kappa shape index (κ3) is 4.01. The van der Waals surface area contributed by atoms with Crippen LogP contribution in [0.2, 0.25) is 0 Å². The first-order valence-corrected chi connectivity index (χ1v) is 11.5. The molecule has 32 heavy (non-hydrogen) atoms. The predicted octanol–water partition coefficient (Wildman–Crippen LogP) is 6.40. The highest BCUT2D eigenvalue weighted by Gasteiger charge is 2.21. The number of methoxy groups -OCH3 is 1. The Bertz CT molecular complexity index is 1230. The number of thiazole rings is 1. The van der Waals surface area contributed by atoms with Gasteiger partial charge in [0.2, 0.25) is 5.88 Å². The molecule has 1 N–H and O–H groups in total. The van der Waals surface area contributed by atoms with Crippen LogP contribution < -0.4 is 10.1 Å². The molecule has 1 saturated carbocycles. The fourth-order valence-electron chi connectivity index (χ4n) is 3.90. The van der Waals surface area contributed by atoms with E-state index < -0.39 is 0 Å². The zero-order valence-electron chi connectivity index (χ0n) is 17.7. The average molecular weight is 442 g/mol. The van der Waals surface area contributed by atoms with Crippen LogP contribution in [0.3, 0.4) is 0 Å². The van der Waals surface area contributed by atoms with Gasteiger partial charge in [0.05, 0.1) is 17.7 Å². The summed E-state index contributed by atoms with van der Waals surface area (Å²) in [5.74, 6) is 0.684. The van der Waals surface area contributed by atoms with E-state index >= 15 is 0 Å². The molecule has 0 spiro atoms. The maximum atomic E-state index is 12.9. The number of carbonyl (C=O) groups is 1. The molecule has 0 aliphatic heterocycles. The highest BCUT2D eigenvalue weighted by atomic mass is 32.1. The Balaban J connectivity index is 1.49. The first-order chi connectivity index (χ1) is 15.7. The average Bonchev–Trinajstić information content (AvgIpc) is 3.22.